The second-order valence-electron chi connectivity index (χ2n) is 6.20. The van der Waals surface area contributed by atoms with E-state index in [2.05, 4.69) is 10.3 Å². The third-order valence-corrected chi connectivity index (χ3v) is 5.37. The number of nitro groups is 1. The van der Waals surface area contributed by atoms with Crippen LogP contribution in [0.3, 0.4) is 0 Å². The Kier molecular flexibility index (Phi) is 8.06. The number of carbonyl (C=O) groups excluding carboxylic acids is 2. The molecule has 0 saturated heterocycles. The predicted octanol–water partition coefficient (Wildman–Crippen LogP) is 3.44. The number of rotatable bonds is 9. The molecule has 29 heavy (non-hydrogen) atoms. The number of aromatic nitrogens is 1. The van der Waals surface area contributed by atoms with Crippen molar-refractivity contribution in [2.45, 2.75) is 20.3 Å². The molecular formula is C18H21ClN4O5S. The fourth-order valence-corrected chi connectivity index (χ4v) is 3.56. The van der Waals surface area contributed by atoms with E-state index in [0.29, 0.717) is 18.2 Å². The van der Waals surface area contributed by atoms with E-state index in [9.17, 15) is 19.7 Å². The third-order valence-electron chi connectivity index (χ3n) is 4.07. The van der Waals surface area contributed by atoms with Gasteiger partial charge in [0, 0.05) is 37.3 Å². The van der Waals surface area contributed by atoms with Gasteiger partial charge in [0.25, 0.3) is 11.6 Å². The number of hydrogen-bond acceptors (Lipinski definition) is 7. The first-order chi connectivity index (χ1) is 13.7. The molecule has 0 aliphatic carbocycles. The highest BCUT2D eigenvalue weighted by molar-refractivity contribution is 7.15. The summed E-state index contributed by atoms with van der Waals surface area (Å²) in [6.07, 6.45) is 0.510. The number of nitrogens with one attached hydrogen (secondary N) is 1. The second-order valence-corrected chi connectivity index (χ2v) is 7.81. The van der Waals surface area contributed by atoms with E-state index in [1.807, 2.05) is 13.8 Å². The predicted molar refractivity (Wildman–Crippen MR) is 111 cm³/mol. The molecule has 1 aromatic carbocycles. The molecule has 1 aromatic heterocycles. The van der Waals surface area contributed by atoms with E-state index >= 15 is 0 Å². The monoisotopic (exact) mass is 440 g/mol. The van der Waals surface area contributed by atoms with E-state index in [1.54, 1.807) is 7.11 Å². The second kappa shape index (κ2) is 10.3. The van der Waals surface area contributed by atoms with Gasteiger partial charge in [0.05, 0.1) is 21.2 Å². The van der Waals surface area contributed by atoms with E-state index in [-0.39, 0.29) is 29.4 Å². The summed E-state index contributed by atoms with van der Waals surface area (Å²) in [5.74, 6) is -0.898. The number of benzene rings is 1. The number of thiazole rings is 1. The van der Waals surface area contributed by atoms with Crippen molar-refractivity contribution in [3.63, 3.8) is 0 Å². The highest BCUT2D eigenvalue weighted by Gasteiger charge is 2.23. The van der Waals surface area contributed by atoms with Crippen molar-refractivity contribution in [1.82, 2.24) is 9.88 Å². The zero-order chi connectivity index (χ0) is 21.6. The number of nitrogens with zero attached hydrogens (tertiary/aromatic N) is 3. The molecule has 11 heteroatoms. The Labute approximate surface area is 176 Å². The number of hydrogen-bond donors (Lipinski definition) is 1. The number of aryl methyl sites for hydroxylation is 2. The lowest BCUT2D eigenvalue weighted by molar-refractivity contribution is -0.384. The van der Waals surface area contributed by atoms with Gasteiger partial charge in [0.15, 0.2) is 5.13 Å². The Bertz CT molecular complexity index is 898. The molecule has 0 radical (unpaired) electrons. The molecule has 156 valence electrons. The Morgan fingerprint density at radius 1 is 1.38 bits per heavy atom. The van der Waals surface area contributed by atoms with Gasteiger partial charge in [-0.05, 0) is 26.3 Å². The molecule has 2 aromatic rings. The van der Waals surface area contributed by atoms with Crippen LogP contribution in [0.1, 0.15) is 27.3 Å². The lowest BCUT2D eigenvalue weighted by atomic mass is 10.1. The third kappa shape index (κ3) is 6.21. The van der Waals surface area contributed by atoms with Crippen LogP contribution in [0.2, 0.25) is 5.02 Å². The minimum atomic E-state index is -0.595. The van der Waals surface area contributed by atoms with Crippen molar-refractivity contribution in [2.75, 3.05) is 32.1 Å². The maximum Gasteiger partial charge on any atom is 0.270 e. The van der Waals surface area contributed by atoms with Gasteiger partial charge in [-0.3, -0.25) is 19.7 Å². The molecule has 1 heterocycles. The van der Waals surface area contributed by atoms with E-state index in [1.165, 1.54) is 28.4 Å². The van der Waals surface area contributed by atoms with Crippen LogP contribution in [0.5, 0.6) is 0 Å². The summed E-state index contributed by atoms with van der Waals surface area (Å²) >= 11 is 7.43. The molecule has 0 spiro atoms. The summed E-state index contributed by atoms with van der Waals surface area (Å²) in [4.78, 5) is 42.2. The number of carbonyl (C=O) groups is 2. The van der Waals surface area contributed by atoms with Crippen molar-refractivity contribution < 1.29 is 19.2 Å². The summed E-state index contributed by atoms with van der Waals surface area (Å²) in [6.45, 7) is 4.19. The smallest absolute Gasteiger partial charge is 0.270 e. The Balaban J connectivity index is 2.16. The Hall–Kier alpha value is -2.56. The number of non-ortho nitro benzene ring substituents is 1. The molecule has 0 unspecified atom stereocenters. The number of anilines is 1. The van der Waals surface area contributed by atoms with E-state index in [4.69, 9.17) is 16.3 Å². The van der Waals surface area contributed by atoms with Crippen LogP contribution in [0, 0.1) is 24.0 Å². The normalized spacial score (nSPS) is 10.6. The molecule has 0 fully saturated rings. The molecule has 1 N–H and O–H groups in total. The highest BCUT2D eigenvalue weighted by Crippen LogP contribution is 2.24. The average Bonchev–Trinajstić information content (AvgIpc) is 2.97. The zero-order valence-corrected chi connectivity index (χ0v) is 17.8. The molecule has 2 amide bonds. The van der Waals surface area contributed by atoms with Crippen molar-refractivity contribution in [2.24, 2.45) is 0 Å². The van der Waals surface area contributed by atoms with Crippen molar-refractivity contribution in [3.8, 4) is 0 Å². The number of amides is 2. The van der Waals surface area contributed by atoms with Gasteiger partial charge in [-0.1, -0.05) is 11.6 Å². The van der Waals surface area contributed by atoms with E-state index in [0.717, 1.165) is 16.6 Å². The molecule has 0 aliphatic heterocycles. The van der Waals surface area contributed by atoms with Gasteiger partial charge in [0.2, 0.25) is 5.91 Å². The van der Waals surface area contributed by atoms with Gasteiger partial charge in [-0.15, -0.1) is 11.3 Å². The molecule has 0 bridgehead atoms. The van der Waals surface area contributed by atoms with Crippen molar-refractivity contribution in [1.29, 1.82) is 0 Å². The quantitative estimate of drug-likeness (QED) is 0.363. The average molecular weight is 441 g/mol. The van der Waals surface area contributed by atoms with Gasteiger partial charge < -0.3 is 15.0 Å². The number of nitro benzene ring substituents is 1. The lowest BCUT2D eigenvalue weighted by Crippen LogP contribution is -2.39. The van der Waals surface area contributed by atoms with Crippen LogP contribution in [0.25, 0.3) is 0 Å². The molecule has 2 rings (SSSR count). The van der Waals surface area contributed by atoms with Crippen LogP contribution < -0.4 is 5.32 Å². The summed E-state index contributed by atoms with van der Waals surface area (Å²) in [7, 11) is 1.54. The Morgan fingerprint density at radius 2 is 2.10 bits per heavy atom. The SMILES string of the molecule is COCCCN(CC(=O)Nc1nc(C)c(C)s1)C(=O)c1ccc([N+](=O)[O-])cc1Cl. The first-order valence-electron chi connectivity index (χ1n) is 8.69. The topological polar surface area (TPSA) is 115 Å². The largest absolute Gasteiger partial charge is 0.385 e. The number of methoxy groups -OCH3 is 1. The van der Waals surface area contributed by atoms with Crippen LogP contribution in [0.15, 0.2) is 18.2 Å². The molecule has 0 atom stereocenters. The molecule has 0 saturated carbocycles. The van der Waals surface area contributed by atoms with Crippen LogP contribution in [-0.4, -0.2) is 53.4 Å². The molecule has 0 aliphatic rings. The fraction of sp³-hybridized carbons (Fsp3) is 0.389. The maximum atomic E-state index is 12.9. The van der Waals surface area contributed by atoms with Gasteiger partial charge in [-0.2, -0.15) is 0 Å². The first kappa shape index (κ1) is 22.7. The number of halogens is 1. The maximum absolute atomic E-state index is 12.9. The van der Waals surface area contributed by atoms with Gasteiger partial charge >= 0.3 is 0 Å². The minimum absolute atomic E-state index is 0.0486. The molecule has 9 nitrogen and oxygen atoms in total. The first-order valence-corrected chi connectivity index (χ1v) is 9.88. The van der Waals surface area contributed by atoms with Gasteiger partial charge in [-0.25, -0.2) is 4.98 Å². The molecular weight excluding hydrogens is 420 g/mol. The van der Waals surface area contributed by atoms with Crippen LogP contribution in [0.4, 0.5) is 10.8 Å². The summed E-state index contributed by atoms with van der Waals surface area (Å²) < 4.78 is 5.01. The van der Waals surface area contributed by atoms with E-state index < -0.39 is 16.7 Å². The van der Waals surface area contributed by atoms with Crippen molar-refractivity contribution >= 4 is 45.6 Å². The minimum Gasteiger partial charge on any atom is -0.385 e. The Morgan fingerprint density at radius 3 is 2.66 bits per heavy atom. The summed E-state index contributed by atoms with van der Waals surface area (Å²) in [6, 6.07) is 3.61. The van der Waals surface area contributed by atoms with Crippen LogP contribution in [-0.2, 0) is 9.53 Å². The number of ether oxygens (including phenoxy) is 1. The standard InChI is InChI=1S/C18H21ClN4O5S/c1-11-12(2)29-18(20-11)21-16(24)10-22(7-4-8-28-3)17(25)14-6-5-13(23(26)27)9-15(14)19/h5-6,9H,4,7-8,10H2,1-3H3,(H,20,21,24). The zero-order valence-electron chi connectivity index (χ0n) is 16.2. The van der Waals surface area contributed by atoms with Crippen molar-refractivity contribution in [3.05, 3.63) is 49.5 Å². The highest BCUT2D eigenvalue weighted by atomic mass is 35.5. The summed E-state index contributed by atoms with van der Waals surface area (Å²) in [5.41, 5.74) is 0.698. The fourth-order valence-electron chi connectivity index (χ4n) is 2.47. The summed E-state index contributed by atoms with van der Waals surface area (Å²) in [5, 5.41) is 14.0. The van der Waals surface area contributed by atoms with Gasteiger partial charge in [0.1, 0.15) is 6.54 Å². The van der Waals surface area contributed by atoms with Crippen LogP contribution >= 0.6 is 22.9 Å². The lowest BCUT2D eigenvalue weighted by Gasteiger charge is -2.22.